The van der Waals surface area contributed by atoms with Crippen LogP contribution in [0.4, 0.5) is 5.69 Å². The molecule has 0 radical (unpaired) electrons. The molecule has 1 saturated heterocycles. The fourth-order valence-corrected chi connectivity index (χ4v) is 4.13. The van der Waals surface area contributed by atoms with E-state index in [1.807, 2.05) is 0 Å². The predicted molar refractivity (Wildman–Crippen MR) is 133 cm³/mol. The van der Waals surface area contributed by atoms with Gasteiger partial charge in [0.15, 0.2) is 5.96 Å². The van der Waals surface area contributed by atoms with Gasteiger partial charge in [0, 0.05) is 18.9 Å². The number of halogens is 1. The number of nitrogens with one attached hydrogen (secondary N) is 1. The van der Waals surface area contributed by atoms with E-state index in [1.165, 1.54) is 29.5 Å². The molecule has 4 rings (SSSR count). The predicted octanol–water partition coefficient (Wildman–Crippen LogP) is 4.81. The average Bonchev–Trinajstić information content (AvgIpc) is 2.78. The number of rotatable bonds is 6. The minimum atomic E-state index is 0. The van der Waals surface area contributed by atoms with Crippen molar-refractivity contribution in [2.45, 2.75) is 57.8 Å². The lowest BCUT2D eigenvalue weighted by Crippen LogP contribution is -2.24. The van der Waals surface area contributed by atoms with Gasteiger partial charge < -0.3 is 20.5 Å². The van der Waals surface area contributed by atoms with Gasteiger partial charge in [-0.1, -0.05) is 36.4 Å². The third-order valence-electron chi connectivity index (χ3n) is 5.74. The van der Waals surface area contributed by atoms with Crippen LogP contribution in [0.25, 0.3) is 0 Å². The highest BCUT2D eigenvalue weighted by atomic mass is 127. The zero-order valence-electron chi connectivity index (χ0n) is 17.4. The van der Waals surface area contributed by atoms with Gasteiger partial charge in [0.1, 0.15) is 0 Å². The van der Waals surface area contributed by atoms with Crippen molar-refractivity contribution in [3.05, 3.63) is 64.7 Å². The quantitative estimate of drug-likeness (QED) is 0.326. The third-order valence-corrected chi connectivity index (χ3v) is 5.74. The summed E-state index contributed by atoms with van der Waals surface area (Å²) in [6, 6.07) is 14.8. The summed E-state index contributed by atoms with van der Waals surface area (Å²) in [6.45, 7) is 2.79. The minimum absolute atomic E-state index is 0. The van der Waals surface area contributed by atoms with Crippen LogP contribution in [0.5, 0.6) is 0 Å². The van der Waals surface area contributed by atoms with Crippen molar-refractivity contribution in [3.63, 3.8) is 0 Å². The van der Waals surface area contributed by atoms with Crippen LogP contribution in [-0.4, -0.2) is 25.3 Å². The van der Waals surface area contributed by atoms with Gasteiger partial charge in [-0.2, -0.15) is 0 Å². The molecule has 0 amide bonds. The molecule has 6 heteroatoms. The van der Waals surface area contributed by atoms with Gasteiger partial charge >= 0.3 is 0 Å². The average molecular weight is 521 g/mol. The third kappa shape index (κ3) is 6.43. The Hall–Kier alpha value is -1.64. The normalized spacial score (nSPS) is 17.1. The molecular weight excluding hydrogens is 489 g/mol. The summed E-state index contributed by atoms with van der Waals surface area (Å²) < 4.78 is 11.4. The van der Waals surface area contributed by atoms with E-state index in [0.717, 1.165) is 50.1 Å². The second kappa shape index (κ2) is 11.7. The van der Waals surface area contributed by atoms with Crippen molar-refractivity contribution in [3.8, 4) is 0 Å². The van der Waals surface area contributed by atoms with E-state index in [-0.39, 0.29) is 24.0 Å². The summed E-state index contributed by atoms with van der Waals surface area (Å²) in [5.74, 6) is 0.466. The number of fused-ring (bicyclic) bond motifs is 1. The maximum atomic E-state index is 6.18. The number of hydrogen-bond acceptors (Lipinski definition) is 3. The molecule has 1 aliphatic heterocycles. The van der Waals surface area contributed by atoms with Crippen LogP contribution in [0.3, 0.4) is 0 Å². The zero-order valence-corrected chi connectivity index (χ0v) is 19.8. The van der Waals surface area contributed by atoms with E-state index in [4.69, 9.17) is 15.2 Å². The molecule has 162 valence electrons. The maximum absolute atomic E-state index is 6.18. The molecule has 0 atom stereocenters. The Morgan fingerprint density at radius 1 is 1.07 bits per heavy atom. The van der Waals surface area contributed by atoms with Crippen LogP contribution in [0.2, 0.25) is 0 Å². The fourth-order valence-electron chi connectivity index (χ4n) is 4.13. The smallest absolute Gasteiger partial charge is 0.193 e. The molecule has 5 nitrogen and oxygen atoms in total. The van der Waals surface area contributed by atoms with Gasteiger partial charge in [-0.25, -0.2) is 4.99 Å². The molecule has 3 N–H and O–H groups in total. The lowest BCUT2D eigenvalue weighted by atomic mass is 9.90. The first-order valence-electron chi connectivity index (χ1n) is 10.7. The molecule has 0 aromatic heterocycles. The Labute approximate surface area is 196 Å². The molecule has 1 heterocycles. The molecule has 2 aromatic carbocycles. The summed E-state index contributed by atoms with van der Waals surface area (Å²) in [6.07, 6.45) is 7.05. The number of ether oxygens (including phenoxy) is 2. The molecule has 0 bridgehead atoms. The highest BCUT2D eigenvalue weighted by Gasteiger charge is 2.14. The van der Waals surface area contributed by atoms with E-state index in [1.54, 1.807) is 0 Å². The molecule has 2 aliphatic rings. The number of benzene rings is 2. The number of nitrogens with zero attached hydrogens (tertiary/aromatic N) is 1. The SMILES string of the molecule is I.NC(=NCc1cccc(COC2CCOCC2)c1)Nc1cccc2c1CCCC2. The summed E-state index contributed by atoms with van der Waals surface area (Å²) >= 11 is 0. The van der Waals surface area contributed by atoms with Crippen molar-refractivity contribution in [2.24, 2.45) is 10.7 Å². The first-order valence-corrected chi connectivity index (χ1v) is 10.7. The van der Waals surface area contributed by atoms with E-state index in [0.29, 0.717) is 25.2 Å². The summed E-state index contributed by atoms with van der Waals surface area (Å²) in [5, 5.41) is 3.31. The van der Waals surface area contributed by atoms with Crippen LogP contribution < -0.4 is 11.1 Å². The molecule has 1 fully saturated rings. The second-order valence-electron chi connectivity index (χ2n) is 7.92. The largest absolute Gasteiger partial charge is 0.381 e. The minimum Gasteiger partial charge on any atom is -0.381 e. The number of guanidine groups is 1. The van der Waals surface area contributed by atoms with Gasteiger partial charge in [-0.05, 0) is 66.8 Å². The van der Waals surface area contributed by atoms with Crippen LogP contribution in [0.15, 0.2) is 47.5 Å². The number of hydrogen-bond donors (Lipinski definition) is 2. The number of anilines is 1. The van der Waals surface area contributed by atoms with Crippen molar-refractivity contribution < 1.29 is 9.47 Å². The Morgan fingerprint density at radius 2 is 1.83 bits per heavy atom. The first kappa shape index (κ1) is 23.0. The van der Waals surface area contributed by atoms with Crippen LogP contribution >= 0.6 is 24.0 Å². The molecule has 1 aliphatic carbocycles. The lowest BCUT2D eigenvalue weighted by Gasteiger charge is -2.22. The van der Waals surface area contributed by atoms with E-state index in [2.05, 4.69) is 52.8 Å². The van der Waals surface area contributed by atoms with E-state index >= 15 is 0 Å². The highest BCUT2D eigenvalue weighted by Crippen LogP contribution is 2.27. The summed E-state index contributed by atoms with van der Waals surface area (Å²) in [7, 11) is 0. The van der Waals surface area contributed by atoms with Crippen LogP contribution in [-0.2, 0) is 35.5 Å². The lowest BCUT2D eigenvalue weighted by molar-refractivity contribution is -0.0390. The molecule has 0 saturated carbocycles. The zero-order chi connectivity index (χ0) is 19.9. The Kier molecular flexibility index (Phi) is 8.96. The van der Waals surface area contributed by atoms with Gasteiger partial charge in [0.05, 0.1) is 19.3 Å². The van der Waals surface area contributed by atoms with E-state index < -0.39 is 0 Å². The topological polar surface area (TPSA) is 68.9 Å². The Morgan fingerprint density at radius 3 is 2.70 bits per heavy atom. The summed E-state index contributed by atoms with van der Waals surface area (Å²) in [5.41, 5.74) is 12.4. The molecule has 0 unspecified atom stereocenters. The highest BCUT2D eigenvalue weighted by molar-refractivity contribution is 14.0. The second-order valence-corrected chi connectivity index (χ2v) is 7.92. The van der Waals surface area contributed by atoms with Crippen LogP contribution in [0, 0.1) is 0 Å². The molecular formula is C24H32IN3O2. The Bertz CT molecular complexity index is 850. The van der Waals surface area contributed by atoms with Crippen molar-refractivity contribution in [1.29, 1.82) is 0 Å². The monoisotopic (exact) mass is 521 g/mol. The standard InChI is InChI=1S/C24H31N3O2.HI/c25-24(27-23-10-4-8-20-7-1-2-9-22(20)23)26-16-18-5-3-6-19(15-18)17-29-21-11-13-28-14-12-21;/h3-6,8,10,15,21H,1-2,7,9,11-14,16-17H2,(H3,25,26,27);1H. The number of aryl methyl sites for hydroxylation is 1. The van der Waals surface area contributed by atoms with Crippen LogP contribution in [0.1, 0.15) is 47.9 Å². The van der Waals surface area contributed by atoms with Crippen molar-refractivity contribution in [1.82, 2.24) is 0 Å². The van der Waals surface area contributed by atoms with Gasteiger partial charge in [-0.15, -0.1) is 24.0 Å². The van der Waals surface area contributed by atoms with Crippen molar-refractivity contribution >= 4 is 35.6 Å². The maximum Gasteiger partial charge on any atom is 0.193 e. The number of nitrogens with two attached hydrogens (primary N) is 1. The molecule has 0 spiro atoms. The van der Waals surface area contributed by atoms with Gasteiger partial charge in [0.25, 0.3) is 0 Å². The molecule has 2 aromatic rings. The first-order chi connectivity index (χ1) is 14.3. The summed E-state index contributed by atoms with van der Waals surface area (Å²) in [4.78, 5) is 4.56. The Balaban J connectivity index is 0.00000256. The van der Waals surface area contributed by atoms with Crippen molar-refractivity contribution in [2.75, 3.05) is 18.5 Å². The van der Waals surface area contributed by atoms with Gasteiger partial charge in [-0.3, -0.25) is 0 Å². The van der Waals surface area contributed by atoms with E-state index in [9.17, 15) is 0 Å². The number of aliphatic imine (C=N–C) groups is 1. The van der Waals surface area contributed by atoms with Gasteiger partial charge in [0.2, 0.25) is 0 Å². The molecule has 30 heavy (non-hydrogen) atoms. The fraction of sp³-hybridized carbons (Fsp3) is 0.458.